The summed E-state index contributed by atoms with van der Waals surface area (Å²) in [7, 11) is 0.336. The van der Waals surface area contributed by atoms with Gasteiger partial charge in [-0.05, 0) is 38.7 Å². The number of hydrogen-bond donors (Lipinski definition) is 0. The van der Waals surface area contributed by atoms with Crippen LogP contribution in [0.5, 0.6) is 5.75 Å². The predicted molar refractivity (Wildman–Crippen MR) is 85.6 cm³/mol. The van der Waals surface area contributed by atoms with Crippen molar-refractivity contribution < 1.29 is 4.43 Å². The van der Waals surface area contributed by atoms with Crippen molar-refractivity contribution in [2.24, 2.45) is 12.0 Å². The van der Waals surface area contributed by atoms with Crippen LogP contribution in [0.25, 0.3) is 0 Å². The van der Waals surface area contributed by atoms with Crippen molar-refractivity contribution in [1.29, 1.82) is 0 Å². The van der Waals surface area contributed by atoms with Crippen LogP contribution >= 0.6 is 0 Å². The Kier molecular flexibility index (Phi) is 4.08. The predicted octanol–water partition coefficient (Wildman–Crippen LogP) is 3.69. The molecule has 0 saturated carbocycles. The highest BCUT2D eigenvalue weighted by atomic mass is 28.4. The van der Waals surface area contributed by atoms with Gasteiger partial charge in [0, 0.05) is 12.7 Å². The molecule has 0 fully saturated rings. The summed E-state index contributed by atoms with van der Waals surface area (Å²) in [5.41, 5.74) is 2.83. The number of aromatic nitrogens is 2. The number of aliphatic imine (C=N–C) groups is 1. The normalized spacial score (nSPS) is 12.1. The topological polar surface area (TPSA) is 39.4 Å². The van der Waals surface area contributed by atoms with Crippen LogP contribution in [0, 0.1) is 6.92 Å². The van der Waals surface area contributed by atoms with Gasteiger partial charge in [0.05, 0.1) is 12.5 Å². The van der Waals surface area contributed by atoms with Crippen LogP contribution in [0.1, 0.15) is 11.4 Å². The molecule has 1 aromatic heterocycles. The molecule has 0 radical (unpaired) electrons. The Hall–Kier alpha value is -1.88. The van der Waals surface area contributed by atoms with Gasteiger partial charge in [0.25, 0.3) is 0 Å². The Bertz CT molecular complexity index is 626. The maximum Gasteiger partial charge on any atom is 0.242 e. The molecule has 0 aliphatic carbocycles. The first-order valence-electron chi connectivity index (χ1n) is 6.67. The average Bonchev–Trinajstić information content (AvgIpc) is 2.67. The molecule has 0 bridgehead atoms. The Morgan fingerprint density at radius 1 is 1.25 bits per heavy atom. The van der Waals surface area contributed by atoms with Crippen molar-refractivity contribution >= 4 is 20.2 Å². The van der Waals surface area contributed by atoms with Gasteiger partial charge in [-0.3, -0.25) is 4.99 Å². The first-order valence-corrected chi connectivity index (χ1v) is 10.1. The van der Waals surface area contributed by atoms with Crippen molar-refractivity contribution in [3.8, 4) is 5.75 Å². The number of para-hydroxylation sites is 2. The van der Waals surface area contributed by atoms with Crippen LogP contribution in [0.4, 0.5) is 5.69 Å². The van der Waals surface area contributed by atoms with E-state index in [1.165, 1.54) is 0 Å². The summed E-state index contributed by atoms with van der Waals surface area (Å²) in [4.78, 5) is 8.85. The van der Waals surface area contributed by atoms with E-state index in [0.717, 1.165) is 22.8 Å². The van der Waals surface area contributed by atoms with E-state index >= 15 is 0 Å². The van der Waals surface area contributed by atoms with E-state index in [1.807, 2.05) is 42.8 Å². The van der Waals surface area contributed by atoms with Gasteiger partial charge in [-0.25, -0.2) is 4.98 Å². The molecule has 0 N–H and O–H groups in total. The molecule has 0 unspecified atom stereocenters. The lowest BCUT2D eigenvalue weighted by Crippen LogP contribution is -2.29. The second-order valence-corrected chi connectivity index (χ2v) is 10.2. The molecule has 0 spiro atoms. The van der Waals surface area contributed by atoms with Crippen LogP contribution in [-0.2, 0) is 7.05 Å². The summed E-state index contributed by atoms with van der Waals surface area (Å²) in [6.07, 6.45) is 3.59. The van der Waals surface area contributed by atoms with Crippen LogP contribution in [-0.4, -0.2) is 24.1 Å². The summed E-state index contributed by atoms with van der Waals surface area (Å²) in [6, 6.07) is 7.87. The fraction of sp³-hybridized carbons (Fsp3) is 0.333. The van der Waals surface area contributed by atoms with E-state index in [-0.39, 0.29) is 0 Å². The number of benzene rings is 1. The molecule has 0 aliphatic heterocycles. The quantitative estimate of drug-likeness (QED) is 0.635. The monoisotopic (exact) mass is 287 g/mol. The minimum absolute atomic E-state index is 0.844. The molecule has 106 valence electrons. The minimum atomic E-state index is -1.64. The molecular weight excluding hydrogens is 266 g/mol. The molecule has 0 saturated heterocycles. The zero-order valence-electron chi connectivity index (χ0n) is 12.7. The van der Waals surface area contributed by atoms with E-state index < -0.39 is 8.32 Å². The van der Waals surface area contributed by atoms with Crippen molar-refractivity contribution in [1.82, 2.24) is 9.55 Å². The summed E-state index contributed by atoms with van der Waals surface area (Å²) in [6.45, 7) is 8.52. The maximum atomic E-state index is 6.06. The Morgan fingerprint density at radius 2 is 1.95 bits per heavy atom. The molecule has 0 aliphatic rings. The third kappa shape index (κ3) is 3.57. The second-order valence-electron chi connectivity index (χ2n) is 5.77. The van der Waals surface area contributed by atoms with Crippen molar-refractivity contribution in [2.45, 2.75) is 26.6 Å². The number of aryl methyl sites for hydroxylation is 1. The van der Waals surface area contributed by atoms with Gasteiger partial charge >= 0.3 is 0 Å². The fourth-order valence-corrected chi connectivity index (χ4v) is 2.58. The SMILES string of the molecule is Cc1c(C=Nc2ccccc2O[Si](C)(C)C)ncn1C. The molecule has 1 heterocycles. The maximum absolute atomic E-state index is 6.06. The lowest BCUT2D eigenvalue weighted by Gasteiger charge is -2.20. The smallest absolute Gasteiger partial charge is 0.242 e. The number of hydrogen-bond acceptors (Lipinski definition) is 3. The van der Waals surface area contributed by atoms with E-state index in [2.05, 4.69) is 29.6 Å². The van der Waals surface area contributed by atoms with Gasteiger partial charge < -0.3 is 8.99 Å². The average molecular weight is 287 g/mol. The van der Waals surface area contributed by atoms with Crippen molar-refractivity contribution in [2.75, 3.05) is 0 Å². The van der Waals surface area contributed by atoms with Gasteiger partial charge in [-0.2, -0.15) is 0 Å². The van der Waals surface area contributed by atoms with Gasteiger partial charge in [-0.1, -0.05) is 12.1 Å². The van der Waals surface area contributed by atoms with Crippen LogP contribution in [0.2, 0.25) is 19.6 Å². The molecular formula is C15H21N3OSi. The zero-order valence-corrected chi connectivity index (χ0v) is 13.7. The molecule has 1 aromatic carbocycles. The number of rotatable bonds is 4. The van der Waals surface area contributed by atoms with Gasteiger partial charge in [0.1, 0.15) is 17.1 Å². The molecule has 20 heavy (non-hydrogen) atoms. The Balaban J connectivity index is 2.27. The second kappa shape index (κ2) is 5.62. The lowest BCUT2D eigenvalue weighted by atomic mass is 10.3. The Morgan fingerprint density at radius 3 is 2.55 bits per heavy atom. The standard InChI is InChI=1S/C15H21N3OSi/c1-12-14(17-11-18(12)2)10-16-13-8-6-7-9-15(13)19-20(3,4)5/h6-11H,1-5H3. The summed E-state index contributed by atoms with van der Waals surface area (Å²) >= 11 is 0. The number of imidazole rings is 1. The molecule has 0 amide bonds. The highest BCUT2D eigenvalue weighted by molar-refractivity contribution is 6.70. The summed E-state index contributed by atoms with van der Waals surface area (Å²) in [5, 5.41) is 0. The lowest BCUT2D eigenvalue weighted by molar-refractivity contribution is 0.559. The largest absolute Gasteiger partial charge is 0.543 e. The molecule has 2 rings (SSSR count). The third-order valence-electron chi connectivity index (χ3n) is 2.88. The molecule has 5 heteroatoms. The molecule has 2 aromatic rings. The van der Waals surface area contributed by atoms with Crippen LogP contribution < -0.4 is 4.43 Å². The van der Waals surface area contributed by atoms with Crippen LogP contribution in [0.15, 0.2) is 35.6 Å². The van der Waals surface area contributed by atoms with Crippen molar-refractivity contribution in [3.05, 3.63) is 42.0 Å². The zero-order chi connectivity index (χ0) is 14.8. The number of nitrogens with zero attached hydrogens (tertiary/aromatic N) is 3. The van der Waals surface area contributed by atoms with Gasteiger partial charge in [0.15, 0.2) is 0 Å². The molecule has 4 nitrogen and oxygen atoms in total. The summed E-state index contributed by atoms with van der Waals surface area (Å²) in [5.74, 6) is 0.844. The van der Waals surface area contributed by atoms with E-state index in [0.29, 0.717) is 0 Å². The highest BCUT2D eigenvalue weighted by Crippen LogP contribution is 2.29. The first-order chi connectivity index (χ1) is 9.37. The first kappa shape index (κ1) is 14.5. The van der Waals surface area contributed by atoms with Crippen molar-refractivity contribution in [3.63, 3.8) is 0 Å². The minimum Gasteiger partial charge on any atom is -0.543 e. The van der Waals surface area contributed by atoms with E-state index in [1.54, 1.807) is 12.5 Å². The molecule has 0 atom stereocenters. The fourth-order valence-electron chi connectivity index (χ4n) is 1.75. The van der Waals surface area contributed by atoms with Gasteiger partial charge in [0.2, 0.25) is 8.32 Å². The van der Waals surface area contributed by atoms with E-state index in [4.69, 9.17) is 4.43 Å². The van der Waals surface area contributed by atoms with Gasteiger partial charge in [-0.15, -0.1) is 0 Å². The summed E-state index contributed by atoms with van der Waals surface area (Å²) < 4.78 is 8.03. The van der Waals surface area contributed by atoms with E-state index in [9.17, 15) is 0 Å². The highest BCUT2D eigenvalue weighted by Gasteiger charge is 2.17. The third-order valence-corrected chi connectivity index (χ3v) is 3.71. The van der Waals surface area contributed by atoms with Crippen LogP contribution in [0.3, 0.4) is 0 Å². The Labute approximate surface area is 121 Å².